The summed E-state index contributed by atoms with van der Waals surface area (Å²) in [6, 6.07) is 11.8. The second-order valence-electron chi connectivity index (χ2n) is 5.08. The maximum absolute atomic E-state index is 12.8. The van der Waals surface area contributed by atoms with Crippen LogP contribution >= 0.6 is 11.3 Å². The summed E-state index contributed by atoms with van der Waals surface area (Å²) in [5, 5.41) is 3.08. The van der Waals surface area contributed by atoms with E-state index < -0.39 is 0 Å². The summed E-state index contributed by atoms with van der Waals surface area (Å²) in [7, 11) is 1.65. The number of carbonyl (C=O) groups is 1. The topological polar surface area (TPSA) is 45.3 Å². The monoisotopic (exact) mass is 314 g/mol. The van der Waals surface area contributed by atoms with Gasteiger partial charge in [-0.25, -0.2) is 0 Å². The van der Waals surface area contributed by atoms with Crippen LogP contribution in [0.15, 0.2) is 48.0 Å². The molecule has 3 aromatic rings. The molecule has 0 aliphatic rings. The number of hydrogen-bond acceptors (Lipinski definition) is 3. The predicted octanol–water partition coefficient (Wildman–Crippen LogP) is 3.52. The van der Waals surface area contributed by atoms with E-state index in [1.807, 2.05) is 52.9 Å². The molecule has 2 heterocycles. The fourth-order valence-corrected chi connectivity index (χ4v) is 3.13. The van der Waals surface area contributed by atoms with Crippen LogP contribution in [0.5, 0.6) is 0 Å². The van der Waals surface area contributed by atoms with Crippen molar-refractivity contribution in [2.45, 2.75) is 6.54 Å². The van der Waals surface area contributed by atoms with Crippen molar-refractivity contribution in [3.63, 3.8) is 0 Å². The molecule has 0 aliphatic heterocycles. The van der Waals surface area contributed by atoms with Gasteiger partial charge in [0.15, 0.2) is 0 Å². The largest absolute Gasteiger partial charge is 0.383 e. The molecule has 1 aromatic carbocycles. The Morgan fingerprint density at radius 1 is 1.32 bits per heavy atom. The Bertz CT molecular complexity index is 749. The van der Waals surface area contributed by atoms with Crippen molar-refractivity contribution < 1.29 is 9.53 Å². The molecule has 0 saturated heterocycles. The van der Waals surface area contributed by atoms with Gasteiger partial charge in [0, 0.05) is 41.2 Å². The predicted molar refractivity (Wildman–Crippen MR) is 89.2 cm³/mol. The van der Waals surface area contributed by atoms with Crippen molar-refractivity contribution in [1.82, 2.24) is 9.88 Å². The third kappa shape index (κ3) is 3.21. The Balaban J connectivity index is 1.83. The van der Waals surface area contributed by atoms with Crippen molar-refractivity contribution in [3.05, 3.63) is 58.4 Å². The number of amides is 1. The number of nitrogens with one attached hydrogen (secondary N) is 1. The summed E-state index contributed by atoms with van der Waals surface area (Å²) < 4.78 is 5.14. The Kier molecular flexibility index (Phi) is 4.56. The molecule has 114 valence electrons. The summed E-state index contributed by atoms with van der Waals surface area (Å²) in [4.78, 5) is 19.0. The van der Waals surface area contributed by atoms with Crippen LogP contribution in [0, 0.1) is 0 Å². The molecule has 2 aromatic heterocycles. The average Bonchev–Trinajstić information content (AvgIpc) is 3.21. The van der Waals surface area contributed by atoms with Crippen LogP contribution in [0.3, 0.4) is 0 Å². The van der Waals surface area contributed by atoms with Crippen LogP contribution < -0.4 is 0 Å². The van der Waals surface area contributed by atoms with E-state index in [2.05, 4.69) is 4.98 Å². The minimum atomic E-state index is 0.0357. The highest BCUT2D eigenvalue weighted by Gasteiger charge is 2.17. The molecule has 0 radical (unpaired) electrons. The number of benzene rings is 1. The first kappa shape index (κ1) is 14.8. The number of rotatable bonds is 6. The number of nitrogens with zero attached hydrogens (tertiary/aromatic N) is 1. The van der Waals surface area contributed by atoms with Crippen LogP contribution in [-0.2, 0) is 11.3 Å². The number of aromatic nitrogens is 1. The van der Waals surface area contributed by atoms with Crippen LogP contribution in [0.4, 0.5) is 0 Å². The minimum Gasteiger partial charge on any atom is -0.383 e. The first-order valence-electron chi connectivity index (χ1n) is 7.15. The molecule has 0 bridgehead atoms. The fourth-order valence-electron chi connectivity index (χ4n) is 2.41. The number of thiophene rings is 1. The first-order valence-corrected chi connectivity index (χ1v) is 8.03. The van der Waals surface area contributed by atoms with Crippen LogP contribution in [0.25, 0.3) is 10.9 Å². The molecule has 0 aliphatic carbocycles. The first-order chi connectivity index (χ1) is 10.8. The normalized spacial score (nSPS) is 11.0. The quantitative estimate of drug-likeness (QED) is 0.756. The molecule has 0 atom stereocenters. The van der Waals surface area contributed by atoms with Gasteiger partial charge in [0.25, 0.3) is 5.91 Å². The van der Waals surface area contributed by atoms with Gasteiger partial charge in [0.05, 0.1) is 13.2 Å². The molecule has 0 fully saturated rings. The Morgan fingerprint density at radius 3 is 3.00 bits per heavy atom. The van der Waals surface area contributed by atoms with Gasteiger partial charge in [-0.3, -0.25) is 4.79 Å². The van der Waals surface area contributed by atoms with Gasteiger partial charge in [0.1, 0.15) is 0 Å². The number of ether oxygens (including phenoxy) is 1. The molecule has 0 unspecified atom stereocenters. The second kappa shape index (κ2) is 6.77. The van der Waals surface area contributed by atoms with Crippen molar-refractivity contribution in [3.8, 4) is 0 Å². The summed E-state index contributed by atoms with van der Waals surface area (Å²) in [5.74, 6) is 0.0357. The zero-order valence-electron chi connectivity index (χ0n) is 12.4. The summed E-state index contributed by atoms with van der Waals surface area (Å²) in [6.07, 6.45) is 1.88. The maximum Gasteiger partial charge on any atom is 0.254 e. The van der Waals surface area contributed by atoms with Gasteiger partial charge in [-0.2, -0.15) is 0 Å². The smallest absolute Gasteiger partial charge is 0.254 e. The molecule has 0 spiro atoms. The van der Waals surface area contributed by atoms with E-state index in [9.17, 15) is 4.79 Å². The van der Waals surface area contributed by atoms with Gasteiger partial charge >= 0.3 is 0 Å². The molecular formula is C17H18N2O2S. The molecule has 5 heteroatoms. The molecule has 1 N–H and O–H groups in total. The van der Waals surface area contributed by atoms with Gasteiger partial charge in [-0.1, -0.05) is 6.07 Å². The molecule has 22 heavy (non-hydrogen) atoms. The number of fused-ring (bicyclic) bond motifs is 1. The SMILES string of the molecule is COCCN(Cc1cccs1)C(=O)c1ccc2[nH]ccc2c1. The highest BCUT2D eigenvalue weighted by molar-refractivity contribution is 7.09. The molecule has 3 rings (SSSR count). The lowest BCUT2D eigenvalue weighted by molar-refractivity contribution is 0.0682. The lowest BCUT2D eigenvalue weighted by Gasteiger charge is -2.22. The summed E-state index contributed by atoms with van der Waals surface area (Å²) >= 11 is 1.66. The van der Waals surface area contributed by atoms with E-state index in [0.29, 0.717) is 25.3 Å². The minimum absolute atomic E-state index is 0.0357. The lowest BCUT2D eigenvalue weighted by Crippen LogP contribution is -2.33. The van der Waals surface area contributed by atoms with E-state index in [1.165, 1.54) is 4.88 Å². The highest BCUT2D eigenvalue weighted by atomic mass is 32.1. The molecule has 1 amide bonds. The van der Waals surface area contributed by atoms with Crippen molar-refractivity contribution in [2.75, 3.05) is 20.3 Å². The van der Waals surface area contributed by atoms with E-state index in [0.717, 1.165) is 10.9 Å². The zero-order valence-corrected chi connectivity index (χ0v) is 13.2. The standard InChI is InChI=1S/C17H18N2O2S/c1-21-9-8-19(12-15-3-2-10-22-15)17(20)14-4-5-16-13(11-14)6-7-18-16/h2-7,10-11,18H,8-9,12H2,1H3. The van der Waals surface area contributed by atoms with E-state index in [4.69, 9.17) is 4.74 Å². The average molecular weight is 314 g/mol. The second-order valence-corrected chi connectivity index (χ2v) is 6.11. The van der Waals surface area contributed by atoms with Crippen LogP contribution in [-0.4, -0.2) is 36.1 Å². The number of H-pyrrole nitrogens is 1. The van der Waals surface area contributed by atoms with Crippen molar-refractivity contribution >= 4 is 28.1 Å². The highest BCUT2D eigenvalue weighted by Crippen LogP contribution is 2.18. The van der Waals surface area contributed by atoms with E-state index in [-0.39, 0.29) is 5.91 Å². The van der Waals surface area contributed by atoms with Gasteiger partial charge < -0.3 is 14.6 Å². The number of hydrogen-bond donors (Lipinski definition) is 1. The summed E-state index contributed by atoms with van der Waals surface area (Å²) in [5.41, 5.74) is 1.75. The summed E-state index contributed by atoms with van der Waals surface area (Å²) in [6.45, 7) is 1.73. The Morgan fingerprint density at radius 2 is 2.23 bits per heavy atom. The van der Waals surface area contributed by atoms with Crippen molar-refractivity contribution in [2.24, 2.45) is 0 Å². The third-order valence-corrected chi connectivity index (χ3v) is 4.44. The van der Waals surface area contributed by atoms with Crippen molar-refractivity contribution in [1.29, 1.82) is 0 Å². The van der Waals surface area contributed by atoms with E-state index >= 15 is 0 Å². The maximum atomic E-state index is 12.8. The number of carbonyl (C=O) groups excluding carboxylic acids is 1. The van der Waals surface area contributed by atoms with E-state index in [1.54, 1.807) is 18.4 Å². The van der Waals surface area contributed by atoms with Crippen LogP contribution in [0.1, 0.15) is 15.2 Å². The lowest BCUT2D eigenvalue weighted by atomic mass is 10.1. The molecule has 0 saturated carbocycles. The molecule has 4 nitrogen and oxygen atoms in total. The van der Waals surface area contributed by atoms with Gasteiger partial charge in [-0.15, -0.1) is 11.3 Å². The number of aromatic amines is 1. The number of methoxy groups -OCH3 is 1. The zero-order chi connectivity index (χ0) is 15.4. The van der Waals surface area contributed by atoms with Gasteiger partial charge in [-0.05, 0) is 35.7 Å². The van der Waals surface area contributed by atoms with Crippen LogP contribution in [0.2, 0.25) is 0 Å². The van der Waals surface area contributed by atoms with Gasteiger partial charge in [0.2, 0.25) is 0 Å². The Hall–Kier alpha value is -2.11. The molecular weight excluding hydrogens is 296 g/mol. The third-order valence-electron chi connectivity index (χ3n) is 3.58. The Labute approximate surface area is 133 Å². The fraction of sp³-hybridized carbons (Fsp3) is 0.235.